The molecule has 1 fully saturated rings. The lowest BCUT2D eigenvalue weighted by Gasteiger charge is -2.33. The summed E-state index contributed by atoms with van der Waals surface area (Å²) in [4.78, 5) is 10.4. The number of nitrogens with zero attached hydrogens (tertiary/aromatic N) is 2. The largest absolute Gasteiger partial charge is 0.490 e. The van der Waals surface area contributed by atoms with Gasteiger partial charge in [0.1, 0.15) is 0 Å². The van der Waals surface area contributed by atoms with Gasteiger partial charge in [0, 0.05) is 24.7 Å². The molecule has 24 heavy (non-hydrogen) atoms. The molecule has 8 nitrogen and oxygen atoms in total. The molecule has 0 radical (unpaired) electrons. The second-order valence-corrected chi connectivity index (χ2v) is 7.58. The Labute approximate surface area is 142 Å². The molecule has 0 saturated carbocycles. The van der Waals surface area contributed by atoms with E-state index in [0.717, 1.165) is 25.9 Å². The van der Waals surface area contributed by atoms with E-state index in [0.29, 0.717) is 13.0 Å². The van der Waals surface area contributed by atoms with Crippen LogP contribution < -0.4 is 10.1 Å². The predicted octanol–water partition coefficient (Wildman–Crippen LogP) is 1.76. The number of nitro benzene ring substituents is 1. The van der Waals surface area contributed by atoms with Gasteiger partial charge in [-0.05, 0) is 38.4 Å². The molecule has 9 heteroatoms. The standard InChI is InChI=1S/C15H23N3O5S/c1-3-10-17(12-6-8-16-9-7-12)24(21,22)13-4-5-14(18(19)20)15(11-13)23-2/h4-5,11-12,16H,3,6-10H2,1-2H3. The maximum Gasteiger partial charge on any atom is 0.310 e. The monoisotopic (exact) mass is 357 g/mol. The van der Waals surface area contributed by atoms with Crippen molar-refractivity contribution in [2.45, 2.75) is 37.1 Å². The molecule has 0 spiro atoms. The summed E-state index contributed by atoms with van der Waals surface area (Å²) >= 11 is 0. The molecule has 0 unspecified atom stereocenters. The van der Waals surface area contributed by atoms with Crippen LogP contribution in [0.4, 0.5) is 5.69 Å². The van der Waals surface area contributed by atoms with Crippen molar-refractivity contribution in [3.05, 3.63) is 28.3 Å². The van der Waals surface area contributed by atoms with Crippen LogP contribution in [0.1, 0.15) is 26.2 Å². The van der Waals surface area contributed by atoms with Crippen molar-refractivity contribution in [1.82, 2.24) is 9.62 Å². The van der Waals surface area contributed by atoms with Crippen LogP contribution in [0.3, 0.4) is 0 Å². The van der Waals surface area contributed by atoms with E-state index in [-0.39, 0.29) is 22.4 Å². The second-order valence-electron chi connectivity index (χ2n) is 5.69. The summed E-state index contributed by atoms with van der Waals surface area (Å²) in [5.74, 6) is -0.0529. The molecule has 1 N–H and O–H groups in total. The number of piperidine rings is 1. The topological polar surface area (TPSA) is 102 Å². The van der Waals surface area contributed by atoms with E-state index in [9.17, 15) is 18.5 Å². The average Bonchev–Trinajstić information content (AvgIpc) is 2.59. The van der Waals surface area contributed by atoms with Crippen LogP contribution in [-0.2, 0) is 10.0 Å². The van der Waals surface area contributed by atoms with Gasteiger partial charge in [-0.15, -0.1) is 0 Å². The minimum atomic E-state index is -3.73. The zero-order valence-corrected chi connectivity index (χ0v) is 14.7. The van der Waals surface area contributed by atoms with Crippen molar-refractivity contribution >= 4 is 15.7 Å². The molecule has 0 aromatic heterocycles. The first kappa shape index (κ1) is 18.6. The molecule has 1 saturated heterocycles. The fourth-order valence-corrected chi connectivity index (χ4v) is 4.71. The van der Waals surface area contributed by atoms with Gasteiger partial charge in [-0.25, -0.2) is 8.42 Å². The number of ether oxygens (including phenoxy) is 1. The molecule has 0 bridgehead atoms. The molecule has 2 rings (SSSR count). The first-order valence-electron chi connectivity index (χ1n) is 7.96. The van der Waals surface area contributed by atoms with E-state index in [4.69, 9.17) is 4.74 Å². The summed E-state index contributed by atoms with van der Waals surface area (Å²) in [5, 5.41) is 14.2. The summed E-state index contributed by atoms with van der Waals surface area (Å²) in [7, 11) is -2.45. The minimum absolute atomic E-state index is 0.0249. The summed E-state index contributed by atoms with van der Waals surface area (Å²) in [5.41, 5.74) is -0.250. The molecule has 0 aliphatic carbocycles. The van der Waals surface area contributed by atoms with Gasteiger partial charge in [0.25, 0.3) is 0 Å². The number of rotatable bonds is 7. The highest BCUT2D eigenvalue weighted by molar-refractivity contribution is 7.89. The number of sulfonamides is 1. The summed E-state index contributed by atoms with van der Waals surface area (Å²) < 4.78 is 32.6. The summed E-state index contributed by atoms with van der Waals surface area (Å²) in [6.07, 6.45) is 2.21. The van der Waals surface area contributed by atoms with E-state index < -0.39 is 14.9 Å². The normalized spacial score (nSPS) is 16.3. The van der Waals surface area contributed by atoms with E-state index in [1.165, 1.54) is 29.6 Å². The van der Waals surface area contributed by atoms with Crippen LogP contribution in [0, 0.1) is 10.1 Å². The van der Waals surface area contributed by atoms with Gasteiger partial charge in [-0.3, -0.25) is 10.1 Å². The zero-order chi connectivity index (χ0) is 17.7. The van der Waals surface area contributed by atoms with Gasteiger partial charge in [0.15, 0.2) is 5.75 Å². The van der Waals surface area contributed by atoms with Gasteiger partial charge in [0.05, 0.1) is 16.9 Å². The Hall–Kier alpha value is -1.71. The quantitative estimate of drug-likeness (QED) is 0.589. The molecule has 0 atom stereocenters. The lowest BCUT2D eigenvalue weighted by atomic mass is 10.1. The van der Waals surface area contributed by atoms with Crippen molar-refractivity contribution in [2.24, 2.45) is 0 Å². The molecule has 1 aliphatic rings. The number of hydrogen-bond donors (Lipinski definition) is 1. The number of methoxy groups -OCH3 is 1. The van der Waals surface area contributed by atoms with E-state index in [2.05, 4.69) is 5.32 Å². The highest BCUT2D eigenvalue weighted by Gasteiger charge is 2.32. The van der Waals surface area contributed by atoms with Gasteiger partial charge in [-0.1, -0.05) is 6.92 Å². The number of nitro groups is 1. The highest BCUT2D eigenvalue weighted by Crippen LogP contribution is 2.31. The SMILES string of the molecule is CCCN(C1CCNCC1)S(=O)(=O)c1ccc([N+](=O)[O-])c(OC)c1. The highest BCUT2D eigenvalue weighted by atomic mass is 32.2. The second kappa shape index (κ2) is 7.91. The predicted molar refractivity (Wildman–Crippen MR) is 89.7 cm³/mol. The molecule has 1 aromatic rings. The Morgan fingerprint density at radius 1 is 1.38 bits per heavy atom. The lowest BCUT2D eigenvalue weighted by Crippen LogP contribution is -2.46. The Morgan fingerprint density at radius 3 is 2.58 bits per heavy atom. The summed E-state index contributed by atoms with van der Waals surface area (Å²) in [6.45, 7) is 3.92. The third-order valence-electron chi connectivity index (χ3n) is 4.11. The third-order valence-corrected chi connectivity index (χ3v) is 6.06. The number of benzene rings is 1. The van der Waals surface area contributed by atoms with Crippen LogP contribution in [-0.4, -0.2) is 50.4 Å². The zero-order valence-electron chi connectivity index (χ0n) is 13.9. The fraction of sp³-hybridized carbons (Fsp3) is 0.600. The fourth-order valence-electron chi connectivity index (χ4n) is 2.92. The van der Waals surface area contributed by atoms with Gasteiger partial charge in [-0.2, -0.15) is 4.31 Å². The van der Waals surface area contributed by atoms with Crippen molar-refractivity contribution in [1.29, 1.82) is 0 Å². The molecule has 1 aromatic carbocycles. The minimum Gasteiger partial charge on any atom is -0.490 e. The Balaban J connectivity index is 2.40. The molecule has 0 amide bonds. The van der Waals surface area contributed by atoms with Crippen molar-refractivity contribution in [2.75, 3.05) is 26.7 Å². The van der Waals surface area contributed by atoms with Gasteiger partial charge < -0.3 is 10.1 Å². The van der Waals surface area contributed by atoms with Crippen molar-refractivity contribution < 1.29 is 18.1 Å². The van der Waals surface area contributed by atoms with Crippen LogP contribution in [0.15, 0.2) is 23.1 Å². The first-order valence-corrected chi connectivity index (χ1v) is 9.40. The number of nitrogens with one attached hydrogen (secondary N) is 1. The van der Waals surface area contributed by atoms with E-state index >= 15 is 0 Å². The van der Waals surface area contributed by atoms with Crippen LogP contribution in [0.2, 0.25) is 0 Å². The van der Waals surface area contributed by atoms with E-state index in [1.807, 2.05) is 6.92 Å². The van der Waals surface area contributed by atoms with E-state index in [1.54, 1.807) is 0 Å². The summed E-state index contributed by atoms with van der Waals surface area (Å²) in [6, 6.07) is 3.63. The maximum atomic E-state index is 13.1. The Morgan fingerprint density at radius 2 is 2.04 bits per heavy atom. The number of hydrogen-bond acceptors (Lipinski definition) is 6. The van der Waals surface area contributed by atoms with Crippen LogP contribution in [0.5, 0.6) is 5.75 Å². The van der Waals surface area contributed by atoms with Crippen LogP contribution in [0.25, 0.3) is 0 Å². The molecular formula is C15H23N3O5S. The molecule has 134 valence electrons. The molecular weight excluding hydrogens is 334 g/mol. The lowest BCUT2D eigenvalue weighted by molar-refractivity contribution is -0.385. The smallest absolute Gasteiger partial charge is 0.310 e. The Kier molecular flexibility index (Phi) is 6.14. The molecule has 1 aliphatic heterocycles. The molecule has 1 heterocycles. The van der Waals surface area contributed by atoms with Crippen molar-refractivity contribution in [3.63, 3.8) is 0 Å². The van der Waals surface area contributed by atoms with Crippen molar-refractivity contribution in [3.8, 4) is 5.75 Å². The first-order chi connectivity index (χ1) is 11.4. The Bertz CT molecular complexity index is 686. The average molecular weight is 357 g/mol. The maximum absolute atomic E-state index is 13.1. The van der Waals surface area contributed by atoms with Gasteiger partial charge >= 0.3 is 5.69 Å². The van der Waals surface area contributed by atoms with Gasteiger partial charge in [0.2, 0.25) is 10.0 Å². The third kappa shape index (κ3) is 3.85. The van der Waals surface area contributed by atoms with Crippen LogP contribution >= 0.6 is 0 Å².